The molecule has 0 saturated carbocycles. The highest BCUT2D eigenvalue weighted by atomic mass is 16.5. The maximum atomic E-state index is 10.3. The average molecular weight is 463 g/mol. The minimum Gasteiger partial charge on any atom is -0.497 e. The van der Waals surface area contributed by atoms with Gasteiger partial charge < -0.3 is 19.8 Å². The van der Waals surface area contributed by atoms with E-state index in [2.05, 4.69) is 40.2 Å². The highest BCUT2D eigenvalue weighted by Crippen LogP contribution is 2.37. The van der Waals surface area contributed by atoms with E-state index in [9.17, 15) is 10.2 Å². The van der Waals surface area contributed by atoms with Crippen molar-refractivity contribution in [2.45, 2.75) is 51.6 Å². The zero-order chi connectivity index (χ0) is 23.8. The smallest absolute Gasteiger partial charge is 0.119 e. The van der Waals surface area contributed by atoms with Crippen molar-refractivity contribution in [1.29, 1.82) is 0 Å². The lowest BCUT2D eigenvalue weighted by molar-refractivity contribution is 0.0353. The van der Waals surface area contributed by atoms with Crippen molar-refractivity contribution >= 4 is 10.9 Å². The lowest BCUT2D eigenvalue weighted by atomic mass is 9.74. The molecule has 34 heavy (non-hydrogen) atoms. The Hall–Kier alpha value is -2.47. The molecule has 1 aliphatic heterocycles. The molecule has 182 valence electrons. The number of methoxy groups -OCH3 is 1. The van der Waals surface area contributed by atoms with Gasteiger partial charge in [0.1, 0.15) is 5.75 Å². The van der Waals surface area contributed by atoms with Gasteiger partial charge in [-0.2, -0.15) is 0 Å². The fraction of sp³-hybridized carbons (Fsp3) is 0.483. The van der Waals surface area contributed by atoms with Crippen molar-refractivity contribution in [2.75, 3.05) is 33.4 Å². The second-order valence-corrected chi connectivity index (χ2v) is 9.75. The van der Waals surface area contributed by atoms with Crippen LogP contribution in [-0.2, 0) is 19.4 Å². The fourth-order valence-corrected chi connectivity index (χ4v) is 5.36. The van der Waals surface area contributed by atoms with E-state index in [-0.39, 0.29) is 18.6 Å². The summed E-state index contributed by atoms with van der Waals surface area (Å²) >= 11 is 0. The number of nitrogens with zero attached hydrogens (tertiary/aromatic N) is 2. The first-order valence-electron chi connectivity index (χ1n) is 12.6. The molecular weight excluding hydrogens is 424 g/mol. The summed E-state index contributed by atoms with van der Waals surface area (Å²) in [5.74, 6) is 0.803. The third-order valence-electron chi connectivity index (χ3n) is 7.61. The molecule has 1 aliphatic rings. The number of benzene rings is 2. The minimum atomic E-state index is -0.0153. The van der Waals surface area contributed by atoms with Gasteiger partial charge in [-0.1, -0.05) is 30.3 Å². The molecule has 5 nitrogen and oxygen atoms in total. The Balaban J connectivity index is 1.32. The van der Waals surface area contributed by atoms with Crippen molar-refractivity contribution in [3.63, 3.8) is 0 Å². The molecule has 2 aromatic carbocycles. The summed E-state index contributed by atoms with van der Waals surface area (Å²) in [4.78, 5) is 7.07. The number of fused-ring (bicyclic) bond motifs is 1. The van der Waals surface area contributed by atoms with Crippen LogP contribution in [0.15, 0.2) is 54.7 Å². The molecule has 0 atom stereocenters. The van der Waals surface area contributed by atoms with E-state index in [4.69, 9.17) is 4.74 Å². The first-order valence-corrected chi connectivity index (χ1v) is 12.6. The predicted molar refractivity (Wildman–Crippen MR) is 137 cm³/mol. The number of rotatable bonds is 11. The highest BCUT2D eigenvalue weighted by Gasteiger charge is 2.33. The monoisotopic (exact) mass is 462 g/mol. The van der Waals surface area contributed by atoms with Crippen LogP contribution in [0, 0.1) is 5.41 Å². The van der Waals surface area contributed by atoms with Crippen LogP contribution in [0.4, 0.5) is 0 Å². The summed E-state index contributed by atoms with van der Waals surface area (Å²) in [5.41, 5.74) is 4.38. The van der Waals surface area contributed by atoms with Gasteiger partial charge in [0.05, 0.1) is 19.2 Å². The predicted octanol–water partition coefficient (Wildman–Crippen LogP) is 4.77. The molecule has 0 radical (unpaired) electrons. The van der Waals surface area contributed by atoms with E-state index in [0.717, 1.165) is 85.9 Å². The zero-order valence-electron chi connectivity index (χ0n) is 20.4. The van der Waals surface area contributed by atoms with E-state index >= 15 is 0 Å². The van der Waals surface area contributed by atoms with Crippen molar-refractivity contribution in [1.82, 2.24) is 9.88 Å². The summed E-state index contributed by atoms with van der Waals surface area (Å²) in [6.45, 7) is 3.49. The summed E-state index contributed by atoms with van der Waals surface area (Å²) < 4.78 is 5.42. The largest absolute Gasteiger partial charge is 0.497 e. The Morgan fingerprint density at radius 3 is 2.50 bits per heavy atom. The number of hydrogen-bond donors (Lipinski definition) is 2. The molecule has 0 spiro atoms. The third-order valence-corrected chi connectivity index (χ3v) is 7.61. The molecule has 1 aromatic heterocycles. The first kappa shape index (κ1) is 24.6. The maximum absolute atomic E-state index is 10.3. The third kappa shape index (κ3) is 5.96. The lowest BCUT2D eigenvalue weighted by Crippen LogP contribution is -2.42. The van der Waals surface area contributed by atoms with Crippen molar-refractivity contribution < 1.29 is 14.9 Å². The van der Waals surface area contributed by atoms with Gasteiger partial charge in [-0.05, 0) is 105 Å². The standard InChI is InChI=1S/C29H38N2O3/c1-34-25-11-12-28-27(19-25)26(24(21-32)20-30-28)10-5-13-29(22-33)14-17-31(18-15-29)16-6-9-23-7-3-2-4-8-23/h2-4,7-8,11-12,19-20,32-33H,5-6,9-10,13-18,21-22H2,1H3. The van der Waals surface area contributed by atoms with E-state index in [1.807, 2.05) is 18.2 Å². The number of piperidine rings is 1. The molecule has 2 heterocycles. The van der Waals surface area contributed by atoms with Crippen LogP contribution in [0.25, 0.3) is 10.9 Å². The van der Waals surface area contributed by atoms with E-state index in [1.54, 1.807) is 13.3 Å². The molecule has 4 rings (SSSR count). The highest BCUT2D eigenvalue weighted by molar-refractivity contribution is 5.84. The number of aromatic nitrogens is 1. The number of pyridine rings is 1. The second-order valence-electron chi connectivity index (χ2n) is 9.75. The van der Waals surface area contributed by atoms with Gasteiger partial charge in [0, 0.05) is 18.2 Å². The molecule has 0 aliphatic carbocycles. The van der Waals surface area contributed by atoms with Gasteiger partial charge in [0.2, 0.25) is 0 Å². The molecule has 0 bridgehead atoms. The Morgan fingerprint density at radius 1 is 1.00 bits per heavy atom. The van der Waals surface area contributed by atoms with Crippen molar-refractivity contribution in [3.8, 4) is 5.75 Å². The molecule has 1 fully saturated rings. The fourth-order valence-electron chi connectivity index (χ4n) is 5.36. The maximum Gasteiger partial charge on any atom is 0.119 e. The number of likely N-dealkylation sites (tertiary alicyclic amines) is 1. The second kappa shape index (κ2) is 11.8. The summed E-state index contributed by atoms with van der Waals surface area (Å²) in [7, 11) is 1.67. The molecule has 5 heteroatoms. The number of hydrogen-bond acceptors (Lipinski definition) is 5. The molecular formula is C29H38N2O3. The quantitative estimate of drug-likeness (QED) is 0.430. The van der Waals surface area contributed by atoms with Crippen LogP contribution in [0.2, 0.25) is 0 Å². The topological polar surface area (TPSA) is 65.8 Å². The molecule has 0 unspecified atom stereocenters. The Kier molecular flexibility index (Phi) is 8.54. The minimum absolute atomic E-state index is 0.00975. The molecule has 2 N–H and O–H groups in total. The summed E-state index contributed by atoms with van der Waals surface area (Å²) in [5, 5.41) is 21.3. The number of ether oxygens (including phenoxy) is 1. The van der Waals surface area contributed by atoms with Crippen molar-refractivity contribution in [2.24, 2.45) is 5.41 Å². The van der Waals surface area contributed by atoms with Crippen LogP contribution in [0.3, 0.4) is 0 Å². The Morgan fingerprint density at radius 2 is 1.79 bits per heavy atom. The van der Waals surface area contributed by atoms with E-state index in [0.29, 0.717) is 0 Å². The van der Waals surface area contributed by atoms with Gasteiger partial charge in [-0.3, -0.25) is 4.98 Å². The van der Waals surface area contributed by atoms with Crippen LogP contribution in [-0.4, -0.2) is 53.4 Å². The lowest BCUT2D eigenvalue weighted by Gasteiger charge is -2.41. The Labute approximate surface area is 203 Å². The van der Waals surface area contributed by atoms with E-state index < -0.39 is 0 Å². The molecule has 0 amide bonds. The van der Waals surface area contributed by atoms with E-state index in [1.165, 1.54) is 12.0 Å². The average Bonchev–Trinajstić information content (AvgIpc) is 2.90. The van der Waals surface area contributed by atoms with Gasteiger partial charge in [0.25, 0.3) is 0 Å². The number of aryl methyl sites for hydroxylation is 2. The number of aliphatic hydroxyl groups is 2. The summed E-state index contributed by atoms with van der Waals surface area (Å²) in [6.07, 6.45) is 9.04. The Bertz CT molecular complexity index is 1040. The van der Waals surface area contributed by atoms with Crippen LogP contribution in [0.1, 0.15) is 48.8 Å². The first-order chi connectivity index (χ1) is 16.7. The van der Waals surface area contributed by atoms with Crippen LogP contribution in [0.5, 0.6) is 5.75 Å². The van der Waals surface area contributed by atoms with Crippen molar-refractivity contribution in [3.05, 3.63) is 71.4 Å². The van der Waals surface area contributed by atoms with Crippen LogP contribution >= 0.6 is 0 Å². The van der Waals surface area contributed by atoms with Gasteiger partial charge in [0.15, 0.2) is 0 Å². The normalized spacial score (nSPS) is 16.1. The zero-order valence-corrected chi connectivity index (χ0v) is 20.4. The van der Waals surface area contributed by atoms with Crippen LogP contribution < -0.4 is 4.74 Å². The van der Waals surface area contributed by atoms with Gasteiger partial charge in [-0.15, -0.1) is 0 Å². The molecule has 3 aromatic rings. The number of aliphatic hydroxyl groups excluding tert-OH is 2. The van der Waals surface area contributed by atoms with Gasteiger partial charge >= 0.3 is 0 Å². The molecule has 1 saturated heterocycles. The summed E-state index contributed by atoms with van der Waals surface area (Å²) in [6, 6.07) is 16.6. The van der Waals surface area contributed by atoms with Gasteiger partial charge in [-0.25, -0.2) is 0 Å². The SMILES string of the molecule is COc1ccc2ncc(CO)c(CCCC3(CO)CCN(CCCc4ccccc4)CC3)c2c1.